The maximum absolute atomic E-state index is 13.3. The number of carboxylic acids is 1. The average Bonchev–Trinajstić information content (AvgIpc) is 2.82. The second kappa shape index (κ2) is 10.9. The van der Waals surface area contributed by atoms with Gasteiger partial charge in [0.25, 0.3) is 0 Å². The lowest BCUT2D eigenvalue weighted by atomic mass is 9.85. The predicted molar refractivity (Wildman–Crippen MR) is 129 cm³/mol. The lowest BCUT2D eigenvalue weighted by Crippen LogP contribution is -2.39. The number of fused-ring (bicyclic) bond motifs is 1. The number of carbonyl (C=O) groups excluding carboxylic acids is 2. The van der Waals surface area contributed by atoms with E-state index in [1.165, 1.54) is 18.2 Å². The molecule has 1 heterocycles. The Labute approximate surface area is 207 Å². The molecule has 2 aliphatic rings. The smallest absolute Gasteiger partial charge is 0.410 e. The van der Waals surface area contributed by atoms with Gasteiger partial charge in [-0.3, -0.25) is 4.79 Å². The van der Waals surface area contributed by atoms with E-state index in [-0.39, 0.29) is 29.6 Å². The molecule has 2 aromatic rings. The molecule has 1 aliphatic carbocycles. The number of hydrogen-bond acceptors (Lipinski definition) is 4. The number of hydrogen-bond donors (Lipinski definition) is 3. The summed E-state index contributed by atoms with van der Waals surface area (Å²) in [6, 6.07) is 8.95. The summed E-state index contributed by atoms with van der Waals surface area (Å²) in [6.45, 7) is 0.924. The first kappa shape index (κ1) is 24.8. The monoisotopic (exact) mass is 503 g/mol. The van der Waals surface area contributed by atoms with Crippen molar-refractivity contribution in [3.8, 4) is 0 Å². The standard InChI is InChI=1S/C25H27ClFN3O5/c26-21-13-19(5-8-22(21)27)29-24(33)28-18-4-3-17-14-30(10-9-16(17)12-18)25(34)35-20-6-1-15(2-7-20)11-23(31)32/h3-5,8,12-13,15,20H,1-2,6-7,9-11,14H2,(H,31,32)(H2,28,29,33)/t15-,20-. The first-order valence-electron chi connectivity index (χ1n) is 11.6. The number of ether oxygens (including phenoxy) is 1. The lowest BCUT2D eigenvalue weighted by Gasteiger charge is -2.32. The SMILES string of the molecule is O=C(O)C[C@H]1CC[C@H](OC(=O)N2CCc3cc(NC(=O)Nc4ccc(F)c(Cl)c4)ccc3C2)CC1. The Hall–Kier alpha value is -3.33. The van der Waals surface area contributed by atoms with Crippen LogP contribution >= 0.6 is 11.6 Å². The van der Waals surface area contributed by atoms with Gasteiger partial charge in [-0.1, -0.05) is 17.7 Å². The van der Waals surface area contributed by atoms with Gasteiger partial charge < -0.3 is 25.4 Å². The Bertz CT molecular complexity index is 1120. The maximum atomic E-state index is 13.3. The van der Waals surface area contributed by atoms with E-state index in [9.17, 15) is 18.8 Å². The van der Waals surface area contributed by atoms with Gasteiger partial charge in [0.1, 0.15) is 11.9 Å². The number of amides is 3. The highest BCUT2D eigenvalue weighted by Gasteiger charge is 2.28. The number of rotatable bonds is 5. The van der Waals surface area contributed by atoms with Gasteiger partial charge in [-0.2, -0.15) is 0 Å². The second-order valence-electron chi connectivity index (χ2n) is 8.99. The van der Waals surface area contributed by atoms with E-state index in [1.54, 1.807) is 11.0 Å². The number of aliphatic carboxylic acids is 1. The number of benzene rings is 2. The largest absolute Gasteiger partial charge is 0.481 e. The Balaban J connectivity index is 1.27. The second-order valence-corrected chi connectivity index (χ2v) is 9.39. The van der Waals surface area contributed by atoms with E-state index in [2.05, 4.69) is 10.6 Å². The summed E-state index contributed by atoms with van der Waals surface area (Å²) in [4.78, 5) is 37.5. The Kier molecular flexibility index (Phi) is 7.75. The lowest BCUT2D eigenvalue weighted by molar-refractivity contribution is -0.138. The molecule has 186 valence electrons. The number of halogens is 2. The van der Waals surface area contributed by atoms with Crippen LogP contribution in [0.5, 0.6) is 0 Å². The van der Waals surface area contributed by atoms with Crippen LogP contribution in [0.25, 0.3) is 0 Å². The molecule has 1 aliphatic heterocycles. The van der Waals surface area contributed by atoms with E-state index in [4.69, 9.17) is 21.4 Å². The van der Waals surface area contributed by atoms with Crippen LogP contribution < -0.4 is 10.6 Å². The van der Waals surface area contributed by atoms with Crippen molar-refractivity contribution in [1.29, 1.82) is 0 Å². The quantitative estimate of drug-likeness (QED) is 0.488. The minimum Gasteiger partial charge on any atom is -0.481 e. The van der Waals surface area contributed by atoms with Crippen LogP contribution in [-0.4, -0.2) is 40.7 Å². The highest BCUT2D eigenvalue weighted by atomic mass is 35.5. The number of urea groups is 1. The van der Waals surface area contributed by atoms with Crippen molar-refractivity contribution in [1.82, 2.24) is 4.90 Å². The number of carboxylic acid groups (broad SMARTS) is 1. The zero-order chi connectivity index (χ0) is 24.9. The number of carbonyl (C=O) groups is 3. The van der Waals surface area contributed by atoms with Crippen LogP contribution in [0.2, 0.25) is 5.02 Å². The molecule has 0 spiro atoms. The summed E-state index contributed by atoms with van der Waals surface area (Å²) in [6.07, 6.45) is 3.16. The molecule has 35 heavy (non-hydrogen) atoms. The summed E-state index contributed by atoms with van der Waals surface area (Å²) in [5, 5.41) is 14.2. The van der Waals surface area contributed by atoms with Crippen molar-refractivity contribution < 1.29 is 28.6 Å². The van der Waals surface area contributed by atoms with Gasteiger partial charge in [0.2, 0.25) is 0 Å². The molecule has 1 fully saturated rings. The van der Waals surface area contributed by atoms with E-state index >= 15 is 0 Å². The fourth-order valence-electron chi connectivity index (χ4n) is 4.57. The van der Waals surface area contributed by atoms with Gasteiger partial charge >= 0.3 is 18.1 Å². The van der Waals surface area contributed by atoms with Crippen molar-refractivity contribution in [3.05, 3.63) is 58.4 Å². The van der Waals surface area contributed by atoms with Crippen molar-refractivity contribution in [3.63, 3.8) is 0 Å². The van der Waals surface area contributed by atoms with Crippen LogP contribution in [0.4, 0.5) is 25.4 Å². The molecule has 0 bridgehead atoms. The number of nitrogens with one attached hydrogen (secondary N) is 2. The molecule has 0 aromatic heterocycles. The number of nitrogens with zero attached hydrogens (tertiary/aromatic N) is 1. The number of anilines is 2. The van der Waals surface area contributed by atoms with Crippen LogP contribution in [0.3, 0.4) is 0 Å². The topological polar surface area (TPSA) is 108 Å². The van der Waals surface area contributed by atoms with E-state index < -0.39 is 17.8 Å². The summed E-state index contributed by atoms with van der Waals surface area (Å²) < 4.78 is 19.0. The molecule has 0 saturated heterocycles. The van der Waals surface area contributed by atoms with Crippen molar-refractivity contribution in [2.75, 3.05) is 17.2 Å². The van der Waals surface area contributed by atoms with Crippen molar-refractivity contribution in [2.24, 2.45) is 5.92 Å². The molecule has 3 N–H and O–H groups in total. The Morgan fingerprint density at radius 3 is 2.40 bits per heavy atom. The first-order chi connectivity index (χ1) is 16.8. The average molecular weight is 504 g/mol. The fraction of sp³-hybridized carbons (Fsp3) is 0.400. The summed E-state index contributed by atoms with van der Waals surface area (Å²) in [5.41, 5.74) is 2.99. The molecule has 4 rings (SSSR count). The highest BCUT2D eigenvalue weighted by Crippen LogP contribution is 2.30. The van der Waals surface area contributed by atoms with Gasteiger partial charge in [0, 0.05) is 30.9 Å². The summed E-state index contributed by atoms with van der Waals surface area (Å²) in [5.74, 6) is -1.19. The minimum absolute atomic E-state index is 0.0782. The third-order valence-electron chi connectivity index (χ3n) is 6.44. The molecule has 1 saturated carbocycles. The maximum Gasteiger partial charge on any atom is 0.410 e. The third-order valence-corrected chi connectivity index (χ3v) is 6.73. The molecule has 10 heteroatoms. The van der Waals surface area contributed by atoms with Gasteiger partial charge in [-0.15, -0.1) is 0 Å². The minimum atomic E-state index is -0.783. The van der Waals surface area contributed by atoms with Gasteiger partial charge in [0.05, 0.1) is 5.02 Å². The van der Waals surface area contributed by atoms with Crippen molar-refractivity contribution in [2.45, 2.75) is 51.2 Å². The Morgan fingerprint density at radius 2 is 1.71 bits per heavy atom. The summed E-state index contributed by atoms with van der Waals surface area (Å²) in [7, 11) is 0. The molecule has 2 aromatic carbocycles. The van der Waals surface area contributed by atoms with E-state index in [1.807, 2.05) is 12.1 Å². The van der Waals surface area contributed by atoms with Crippen molar-refractivity contribution >= 4 is 41.1 Å². The molecule has 0 unspecified atom stereocenters. The molecular weight excluding hydrogens is 477 g/mol. The van der Waals surface area contributed by atoms with Crippen LogP contribution in [-0.2, 0) is 22.5 Å². The predicted octanol–water partition coefficient (Wildman–Crippen LogP) is 5.65. The van der Waals surface area contributed by atoms with E-state index in [0.29, 0.717) is 43.7 Å². The van der Waals surface area contributed by atoms with Gasteiger partial charge in [-0.25, -0.2) is 14.0 Å². The molecule has 0 atom stereocenters. The third kappa shape index (κ3) is 6.63. The molecule has 0 radical (unpaired) electrons. The van der Waals surface area contributed by atoms with Crippen LogP contribution in [0, 0.1) is 11.7 Å². The summed E-state index contributed by atoms with van der Waals surface area (Å²) >= 11 is 5.74. The normalized spacial score (nSPS) is 19.4. The molecule has 3 amide bonds. The zero-order valence-corrected chi connectivity index (χ0v) is 19.8. The van der Waals surface area contributed by atoms with Crippen LogP contribution in [0.1, 0.15) is 43.2 Å². The highest BCUT2D eigenvalue weighted by molar-refractivity contribution is 6.31. The van der Waals surface area contributed by atoms with Crippen LogP contribution in [0.15, 0.2) is 36.4 Å². The Morgan fingerprint density at radius 1 is 1.03 bits per heavy atom. The van der Waals surface area contributed by atoms with Gasteiger partial charge in [0.15, 0.2) is 0 Å². The molecular formula is C25H27ClFN3O5. The van der Waals surface area contributed by atoms with E-state index in [0.717, 1.165) is 24.0 Å². The zero-order valence-electron chi connectivity index (χ0n) is 19.1. The molecule has 8 nitrogen and oxygen atoms in total. The van der Waals surface area contributed by atoms with Gasteiger partial charge in [-0.05, 0) is 79.5 Å². The fourth-order valence-corrected chi connectivity index (χ4v) is 4.75. The first-order valence-corrected chi connectivity index (χ1v) is 12.0.